The molecule has 3 rings (SSSR count). The Bertz CT molecular complexity index is 924. The van der Waals surface area contributed by atoms with Crippen molar-refractivity contribution >= 4 is 22.6 Å². The van der Waals surface area contributed by atoms with Gasteiger partial charge in [0.1, 0.15) is 0 Å². The number of carbonyl (C=O) groups is 1. The van der Waals surface area contributed by atoms with Crippen LogP contribution in [0, 0.1) is 0 Å². The smallest absolute Gasteiger partial charge is 0.322 e. The SMILES string of the molecule is CN(C)CCc1cccc(C(=O)Nc2ccc3[nH]c(=O)[nH]c3c2)c1. The maximum Gasteiger partial charge on any atom is 0.323 e. The van der Waals surface area contributed by atoms with E-state index in [2.05, 4.69) is 20.2 Å². The minimum Gasteiger partial charge on any atom is -0.322 e. The molecule has 0 bridgehead atoms. The predicted molar refractivity (Wildman–Crippen MR) is 95.6 cm³/mol. The van der Waals surface area contributed by atoms with Gasteiger partial charge in [-0.05, 0) is 56.4 Å². The monoisotopic (exact) mass is 324 g/mol. The first-order valence-electron chi connectivity index (χ1n) is 7.78. The lowest BCUT2D eigenvalue weighted by Gasteiger charge is -2.10. The molecule has 2 aromatic carbocycles. The predicted octanol–water partition coefficient (Wildman–Crippen LogP) is 2.21. The second-order valence-corrected chi connectivity index (χ2v) is 6.05. The summed E-state index contributed by atoms with van der Waals surface area (Å²) in [5, 5.41) is 2.87. The molecule has 0 saturated carbocycles. The van der Waals surface area contributed by atoms with Crippen molar-refractivity contribution in [1.29, 1.82) is 0 Å². The summed E-state index contributed by atoms with van der Waals surface area (Å²) >= 11 is 0. The largest absolute Gasteiger partial charge is 0.323 e. The van der Waals surface area contributed by atoms with Crippen molar-refractivity contribution in [3.63, 3.8) is 0 Å². The van der Waals surface area contributed by atoms with Crippen LogP contribution in [-0.2, 0) is 6.42 Å². The Balaban J connectivity index is 1.75. The van der Waals surface area contributed by atoms with Gasteiger partial charge in [0.25, 0.3) is 5.91 Å². The van der Waals surface area contributed by atoms with Crippen molar-refractivity contribution in [3.8, 4) is 0 Å². The first kappa shape index (κ1) is 16.0. The van der Waals surface area contributed by atoms with Crippen molar-refractivity contribution in [2.75, 3.05) is 26.0 Å². The fourth-order valence-corrected chi connectivity index (χ4v) is 2.53. The molecular weight excluding hydrogens is 304 g/mol. The number of fused-ring (bicyclic) bond motifs is 1. The van der Waals surface area contributed by atoms with E-state index in [1.807, 2.05) is 32.3 Å². The highest BCUT2D eigenvalue weighted by Gasteiger charge is 2.08. The van der Waals surface area contributed by atoms with Crippen LogP contribution in [0.5, 0.6) is 0 Å². The van der Waals surface area contributed by atoms with Crippen LogP contribution in [0.15, 0.2) is 47.3 Å². The van der Waals surface area contributed by atoms with Gasteiger partial charge in [0.15, 0.2) is 0 Å². The van der Waals surface area contributed by atoms with E-state index in [-0.39, 0.29) is 11.6 Å². The maximum absolute atomic E-state index is 12.4. The Morgan fingerprint density at radius 2 is 1.88 bits per heavy atom. The number of H-pyrrole nitrogens is 2. The number of aromatic nitrogens is 2. The fraction of sp³-hybridized carbons (Fsp3) is 0.222. The zero-order valence-corrected chi connectivity index (χ0v) is 13.7. The number of anilines is 1. The van der Waals surface area contributed by atoms with Crippen molar-refractivity contribution in [3.05, 3.63) is 64.1 Å². The molecule has 3 aromatic rings. The Morgan fingerprint density at radius 3 is 2.67 bits per heavy atom. The standard InChI is InChI=1S/C18H20N4O2/c1-22(2)9-8-12-4-3-5-13(10-12)17(23)19-14-6-7-15-16(11-14)21-18(24)20-15/h3-7,10-11H,8-9H2,1-2H3,(H,19,23)(H2,20,21,24). The minimum absolute atomic E-state index is 0.168. The van der Waals surface area contributed by atoms with Gasteiger partial charge in [0, 0.05) is 17.8 Å². The number of hydrogen-bond acceptors (Lipinski definition) is 3. The number of imidazole rings is 1. The second-order valence-electron chi connectivity index (χ2n) is 6.05. The Kier molecular flexibility index (Phi) is 4.48. The summed E-state index contributed by atoms with van der Waals surface area (Å²) in [6.45, 7) is 0.933. The van der Waals surface area contributed by atoms with Gasteiger partial charge in [-0.1, -0.05) is 12.1 Å². The number of benzene rings is 2. The summed E-state index contributed by atoms with van der Waals surface area (Å²) in [6.07, 6.45) is 0.894. The molecule has 0 fully saturated rings. The molecular formula is C18H20N4O2. The van der Waals surface area contributed by atoms with E-state index in [9.17, 15) is 9.59 Å². The van der Waals surface area contributed by atoms with Gasteiger partial charge in [-0.3, -0.25) is 4.79 Å². The summed E-state index contributed by atoms with van der Waals surface area (Å²) < 4.78 is 0. The molecule has 6 nitrogen and oxygen atoms in total. The number of amides is 1. The van der Waals surface area contributed by atoms with E-state index in [1.165, 1.54) is 0 Å². The maximum atomic E-state index is 12.4. The molecule has 6 heteroatoms. The molecule has 24 heavy (non-hydrogen) atoms. The number of likely N-dealkylation sites (N-methyl/N-ethyl adjacent to an activating group) is 1. The number of aromatic amines is 2. The van der Waals surface area contributed by atoms with Crippen LogP contribution >= 0.6 is 0 Å². The lowest BCUT2D eigenvalue weighted by molar-refractivity contribution is 0.102. The van der Waals surface area contributed by atoms with E-state index in [4.69, 9.17) is 0 Å². The third kappa shape index (κ3) is 3.72. The van der Waals surface area contributed by atoms with Crippen LogP contribution in [0.25, 0.3) is 11.0 Å². The molecule has 0 aliphatic rings. The molecule has 0 saturated heterocycles. The number of nitrogens with zero attached hydrogens (tertiary/aromatic N) is 1. The molecule has 0 unspecified atom stereocenters. The fourth-order valence-electron chi connectivity index (χ4n) is 2.53. The summed E-state index contributed by atoms with van der Waals surface area (Å²) in [4.78, 5) is 31.2. The summed E-state index contributed by atoms with van der Waals surface area (Å²) in [5.41, 5.74) is 3.50. The van der Waals surface area contributed by atoms with Gasteiger partial charge in [-0.15, -0.1) is 0 Å². The summed E-state index contributed by atoms with van der Waals surface area (Å²) in [7, 11) is 4.05. The van der Waals surface area contributed by atoms with Crippen LogP contribution in [0.3, 0.4) is 0 Å². The Labute approximate surface area is 139 Å². The average molecular weight is 324 g/mol. The lowest BCUT2D eigenvalue weighted by Crippen LogP contribution is -2.16. The molecule has 0 radical (unpaired) electrons. The van der Waals surface area contributed by atoms with E-state index in [1.54, 1.807) is 24.3 Å². The average Bonchev–Trinajstić information content (AvgIpc) is 2.92. The molecule has 1 heterocycles. The highest BCUT2D eigenvalue weighted by atomic mass is 16.2. The number of carbonyl (C=O) groups excluding carboxylic acids is 1. The number of hydrogen-bond donors (Lipinski definition) is 3. The van der Waals surface area contributed by atoms with Crippen LogP contribution < -0.4 is 11.0 Å². The first-order valence-corrected chi connectivity index (χ1v) is 7.78. The molecule has 0 aliphatic carbocycles. The number of rotatable bonds is 5. The summed E-state index contributed by atoms with van der Waals surface area (Å²) in [6, 6.07) is 12.9. The van der Waals surface area contributed by atoms with Gasteiger partial charge >= 0.3 is 5.69 Å². The molecule has 0 atom stereocenters. The minimum atomic E-state index is -0.262. The molecule has 1 amide bonds. The van der Waals surface area contributed by atoms with Crippen molar-refractivity contribution in [2.24, 2.45) is 0 Å². The van der Waals surface area contributed by atoms with Crippen LogP contribution in [0.2, 0.25) is 0 Å². The van der Waals surface area contributed by atoms with Gasteiger partial charge in [-0.25, -0.2) is 4.79 Å². The van der Waals surface area contributed by atoms with Crippen molar-refractivity contribution in [2.45, 2.75) is 6.42 Å². The van der Waals surface area contributed by atoms with E-state index in [0.717, 1.165) is 18.5 Å². The van der Waals surface area contributed by atoms with Crippen LogP contribution in [0.1, 0.15) is 15.9 Å². The van der Waals surface area contributed by atoms with E-state index >= 15 is 0 Å². The molecule has 1 aromatic heterocycles. The van der Waals surface area contributed by atoms with E-state index in [0.29, 0.717) is 22.3 Å². The topological polar surface area (TPSA) is 81.0 Å². The van der Waals surface area contributed by atoms with Gasteiger partial charge in [-0.2, -0.15) is 0 Å². The quantitative estimate of drug-likeness (QED) is 0.673. The zero-order chi connectivity index (χ0) is 17.1. The highest BCUT2D eigenvalue weighted by molar-refractivity contribution is 6.05. The van der Waals surface area contributed by atoms with Crippen LogP contribution in [0.4, 0.5) is 5.69 Å². The molecule has 124 valence electrons. The molecule has 0 aliphatic heterocycles. The Hall–Kier alpha value is -2.86. The Morgan fingerprint density at radius 1 is 1.08 bits per heavy atom. The lowest BCUT2D eigenvalue weighted by atomic mass is 10.1. The van der Waals surface area contributed by atoms with E-state index < -0.39 is 0 Å². The number of nitrogens with one attached hydrogen (secondary N) is 3. The second kappa shape index (κ2) is 6.72. The van der Waals surface area contributed by atoms with Crippen molar-refractivity contribution < 1.29 is 4.79 Å². The zero-order valence-electron chi connectivity index (χ0n) is 13.7. The van der Waals surface area contributed by atoms with Gasteiger partial charge in [0.2, 0.25) is 0 Å². The van der Waals surface area contributed by atoms with Crippen LogP contribution in [-0.4, -0.2) is 41.4 Å². The summed E-state index contributed by atoms with van der Waals surface area (Å²) in [5.74, 6) is -0.168. The first-order chi connectivity index (χ1) is 11.5. The molecule has 0 spiro atoms. The normalized spacial score (nSPS) is 11.1. The van der Waals surface area contributed by atoms with Crippen molar-refractivity contribution in [1.82, 2.24) is 14.9 Å². The third-order valence-electron chi connectivity index (χ3n) is 3.81. The van der Waals surface area contributed by atoms with Gasteiger partial charge < -0.3 is 20.2 Å². The third-order valence-corrected chi connectivity index (χ3v) is 3.81. The molecule has 3 N–H and O–H groups in total. The highest BCUT2D eigenvalue weighted by Crippen LogP contribution is 2.16. The van der Waals surface area contributed by atoms with Gasteiger partial charge in [0.05, 0.1) is 11.0 Å².